The number of hydrogen-bond acceptors (Lipinski definition) is 5. The van der Waals surface area contributed by atoms with Crippen molar-refractivity contribution < 1.29 is 18.0 Å². The molecule has 0 aliphatic rings. The van der Waals surface area contributed by atoms with E-state index in [1.807, 2.05) is 0 Å². The number of halogens is 1. The van der Waals surface area contributed by atoms with Crippen LogP contribution in [-0.2, 0) is 34.0 Å². The molecule has 0 bridgehead atoms. The molecule has 0 saturated heterocycles. The number of amides is 2. The van der Waals surface area contributed by atoms with Crippen LogP contribution < -0.4 is 10.9 Å². The fourth-order valence-corrected chi connectivity index (χ4v) is 3.98. The summed E-state index contributed by atoms with van der Waals surface area (Å²) in [5.41, 5.74) is 6.28. The van der Waals surface area contributed by atoms with E-state index in [1.54, 1.807) is 48.1 Å². The summed E-state index contributed by atoms with van der Waals surface area (Å²) in [6.45, 7) is -0.192. The van der Waals surface area contributed by atoms with Crippen LogP contribution in [0.2, 0.25) is 0 Å². The number of rotatable bonds is 5. The Hall–Kier alpha value is -2.66. The van der Waals surface area contributed by atoms with Crippen LogP contribution in [0, 0.1) is 0 Å². The zero-order chi connectivity index (χ0) is 20.5. The Bertz CT molecular complexity index is 1170. The summed E-state index contributed by atoms with van der Waals surface area (Å²) < 4.78 is 27.3. The largest absolute Gasteiger partial charge is 0.345 e. The molecule has 0 radical (unpaired) electrons. The van der Waals surface area contributed by atoms with Crippen LogP contribution in [-0.4, -0.2) is 40.6 Å². The van der Waals surface area contributed by atoms with E-state index in [4.69, 9.17) is 0 Å². The van der Waals surface area contributed by atoms with E-state index in [1.165, 1.54) is 4.57 Å². The highest BCUT2D eigenvalue weighted by molar-refractivity contribution is 9.10. The van der Waals surface area contributed by atoms with E-state index in [0.717, 1.165) is 10.7 Å². The second kappa shape index (κ2) is 7.76. The second-order valence-electron chi connectivity index (χ2n) is 6.33. The Morgan fingerprint density at radius 1 is 1.21 bits per heavy atom. The molecule has 28 heavy (non-hydrogen) atoms. The lowest BCUT2D eigenvalue weighted by molar-refractivity contribution is -0.122. The Kier molecular flexibility index (Phi) is 5.57. The summed E-state index contributed by atoms with van der Waals surface area (Å²) in [6, 6.07) is 8.67. The number of hydrazine groups is 1. The maximum atomic E-state index is 12.4. The molecule has 0 fully saturated rings. The highest BCUT2D eigenvalue weighted by atomic mass is 79.9. The molecule has 2 aromatic heterocycles. The fraction of sp³-hybridized carbons (Fsp3) is 0.235. The van der Waals surface area contributed by atoms with Gasteiger partial charge in [0.25, 0.3) is 11.8 Å². The lowest BCUT2D eigenvalue weighted by atomic mass is 10.3. The molecule has 9 nitrogen and oxygen atoms in total. The van der Waals surface area contributed by atoms with Crippen molar-refractivity contribution in [3.05, 3.63) is 52.5 Å². The van der Waals surface area contributed by atoms with Gasteiger partial charge >= 0.3 is 0 Å². The van der Waals surface area contributed by atoms with Gasteiger partial charge in [-0.15, -0.1) is 0 Å². The third kappa shape index (κ3) is 4.60. The van der Waals surface area contributed by atoms with Crippen LogP contribution in [0.4, 0.5) is 0 Å². The van der Waals surface area contributed by atoms with Crippen molar-refractivity contribution in [3.8, 4) is 0 Å². The number of carbonyl (C=O) groups excluding carboxylic acids is 2. The predicted octanol–water partition coefficient (Wildman–Crippen LogP) is 1.14. The van der Waals surface area contributed by atoms with Gasteiger partial charge in [-0.05, 0) is 34.1 Å². The van der Waals surface area contributed by atoms with E-state index < -0.39 is 21.7 Å². The molecule has 2 heterocycles. The monoisotopic (exact) mass is 467 g/mol. The number of nitrogens with one attached hydrogen (secondary N) is 2. The first-order valence-corrected chi connectivity index (χ1v) is 11.0. The van der Waals surface area contributed by atoms with Gasteiger partial charge < -0.3 is 9.13 Å². The Morgan fingerprint density at radius 3 is 2.57 bits per heavy atom. The molecule has 1 aromatic carbocycles. The van der Waals surface area contributed by atoms with Gasteiger partial charge in [0.05, 0.1) is 11.0 Å². The number of benzene rings is 1. The van der Waals surface area contributed by atoms with Gasteiger partial charge in [0.2, 0.25) is 0 Å². The minimum Gasteiger partial charge on any atom is -0.345 e. The fourth-order valence-electron chi connectivity index (χ4n) is 2.77. The average molecular weight is 468 g/mol. The number of nitrogens with zero attached hydrogens (tertiary/aromatic N) is 3. The summed E-state index contributed by atoms with van der Waals surface area (Å²) in [7, 11) is -1.63. The zero-order valence-electron chi connectivity index (χ0n) is 15.1. The number of fused-ring (bicyclic) bond motifs is 1. The molecule has 0 saturated carbocycles. The van der Waals surface area contributed by atoms with Crippen molar-refractivity contribution >= 4 is 48.6 Å². The van der Waals surface area contributed by atoms with Crippen LogP contribution in [0.25, 0.3) is 11.0 Å². The summed E-state index contributed by atoms with van der Waals surface area (Å²) in [6.07, 6.45) is 2.82. The maximum Gasteiger partial charge on any atom is 0.286 e. The van der Waals surface area contributed by atoms with Gasteiger partial charge in [-0.25, -0.2) is 13.4 Å². The Labute approximate surface area is 169 Å². The standard InChI is InChI=1S/C17H18BrN5O4S/c1-22-8-11(18)7-14(22)17(25)21-20-16(24)9-23-13-6-4-3-5-12(13)19-15(23)10-28(2,26)27/h3-8H,9-10H2,1-2H3,(H,20,24)(H,21,25). The Balaban J connectivity index is 1.76. The third-order valence-electron chi connectivity index (χ3n) is 3.95. The molecule has 0 spiro atoms. The first kappa shape index (κ1) is 20.1. The smallest absolute Gasteiger partial charge is 0.286 e. The predicted molar refractivity (Wildman–Crippen MR) is 107 cm³/mol. The second-order valence-corrected chi connectivity index (χ2v) is 9.39. The lowest BCUT2D eigenvalue weighted by Crippen LogP contribution is -2.43. The maximum absolute atomic E-state index is 12.4. The Morgan fingerprint density at radius 2 is 1.93 bits per heavy atom. The summed E-state index contributed by atoms with van der Waals surface area (Å²) in [5, 5.41) is 0. The van der Waals surface area contributed by atoms with Crippen LogP contribution in [0.3, 0.4) is 0 Å². The first-order chi connectivity index (χ1) is 13.1. The number of aromatic nitrogens is 3. The number of hydrogen-bond donors (Lipinski definition) is 2. The van der Waals surface area contributed by atoms with Crippen molar-refractivity contribution in [3.63, 3.8) is 0 Å². The molecule has 11 heteroatoms. The van der Waals surface area contributed by atoms with Gasteiger partial charge in [0, 0.05) is 24.0 Å². The van der Waals surface area contributed by atoms with Crippen LogP contribution in [0.1, 0.15) is 16.3 Å². The van der Waals surface area contributed by atoms with Crippen molar-refractivity contribution in [2.45, 2.75) is 12.3 Å². The van der Waals surface area contributed by atoms with Crippen molar-refractivity contribution in [2.75, 3.05) is 6.26 Å². The molecule has 148 valence electrons. The average Bonchev–Trinajstić information content (AvgIpc) is 3.11. The minimum absolute atomic E-state index is 0.192. The van der Waals surface area contributed by atoms with Gasteiger partial charge in [-0.2, -0.15) is 0 Å². The summed E-state index contributed by atoms with van der Waals surface area (Å²) in [4.78, 5) is 28.9. The number of sulfone groups is 1. The van der Waals surface area contributed by atoms with E-state index in [0.29, 0.717) is 16.7 Å². The quantitative estimate of drug-likeness (QED) is 0.545. The highest BCUT2D eigenvalue weighted by Crippen LogP contribution is 2.17. The molecule has 2 N–H and O–H groups in total. The van der Waals surface area contributed by atoms with E-state index in [2.05, 4.69) is 31.8 Å². The van der Waals surface area contributed by atoms with Gasteiger partial charge in [0.1, 0.15) is 23.8 Å². The van der Waals surface area contributed by atoms with Crippen molar-refractivity contribution in [2.24, 2.45) is 7.05 Å². The molecule has 0 unspecified atom stereocenters. The van der Waals surface area contributed by atoms with Crippen molar-refractivity contribution in [1.82, 2.24) is 25.0 Å². The van der Waals surface area contributed by atoms with E-state index >= 15 is 0 Å². The van der Waals surface area contributed by atoms with Crippen LogP contribution in [0.5, 0.6) is 0 Å². The molecule has 0 aliphatic carbocycles. The number of aryl methyl sites for hydroxylation is 1. The van der Waals surface area contributed by atoms with Gasteiger partial charge in [-0.1, -0.05) is 12.1 Å². The van der Waals surface area contributed by atoms with E-state index in [9.17, 15) is 18.0 Å². The number of carbonyl (C=O) groups is 2. The van der Waals surface area contributed by atoms with Crippen LogP contribution in [0.15, 0.2) is 41.0 Å². The molecular formula is C17H18BrN5O4S. The van der Waals surface area contributed by atoms with Crippen molar-refractivity contribution in [1.29, 1.82) is 0 Å². The highest BCUT2D eigenvalue weighted by Gasteiger charge is 2.18. The molecule has 3 aromatic rings. The van der Waals surface area contributed by atoms with Gasteiger partial charge in [0.15, 0.2) is 9.84 Å². The molecule has 3 rings (SSSR count). The molecule has 0 atom stereocenters. The summed E-state index contributed by atoms with van der Waals surface area (Å²) >= 11 is 3.28. The first-order valence-electron chi connectivity index (χ1n) is 8.17. The number of para-hydroxylation sites is 2. The molecule has 0 aliphatic heterocycles. The lowest BCUT2D eigenvalue weighted by Gasteiger charge is -2.11. The van der Waals surface area contributed by atoms with Crippen LogP contribution >= 0.6 is 15.9 Å². The normalized spacial score (nSPS) is 11.5. The SMILES string of the molecule is Cn1cc(Br)cc1C(=O)NNC(=O)Cn1c(CS(C)(=O)=O)nc2ccccc21. The zero-order valence-corrected chi connectivity index (χ0v) is 17.5. The van der Waals surface area contributed by atoms with E-state index in [-0.39, 0.29) is 18.1 Å². The number of imidazole rings is 1. The molecular weight excluding hydrogens is 450 g/mol. The topological polar surface area (TPSA) is 115 Å². The molecule has 2 amide bonds. The third-order valence-corrected chi connectivity index (χ3v) is 5.16. The minimum atomic E-state index is -3.34. The summed E-state index contributed by atoms with van der Waals surface area (Å²) in [5.74, 6) is -1.02. The van der Waals surface area contributed by atoms with Gasteiger partial charge in [-0.3, -0.25) is 20.4 Å².